The van der Waals surface area contributed by atoms with Gasteiger partial charge in [-0.1, -0.05) is 0 Å². The number of hydrogen-bond donors (Lipinski definition) is 0. The van der Waals surface area contributed by atoms with Crippen molar-refractivity contribution in [3.8, 4) is 0 Å². The van der Waals surface area contributed by atoms with E-state index in [0.29, 0.717) is 0 Å². The van der Waals surface area contributed by atoms with Crippen molar-refractivity contribution < 1.29 is 4.65 Å². The van der Waals surface area contributed by atoms with Gasteiger partial charge < -0.3 is 9.85 Å². The Morgan fingerprint density at radius 3 is 1.80 bits per heavy atom. The number of piperidine rings is 1. The molecule has 2 heterocycles. The molecule has 0 radical (unpaired) electrons. The Balaban J connectivity index is 0.000000231. The van der Waals surface area contributed by atoms with Gasteiger partial charge in [0, 0.05) is 18.8 Å². The van der Waals surface area contributed by atoms with Crippen LogP contribution in [0.15, 0.2) is 13.2 Å². The first kappa shape index (κ1) is 7.76. The highest BCUT2D eigenvalue weighted by atomic mass is 16.5. The van der Waals surface area contributed by atoms with Gasteiger partial charge in [-0.05, 0) is 0 Å². The van der Waals surface area contributed by atoms with Crippen molar-refractivity contribution in [2.45, 2.75) is 12.8 Å². The summed E-state index contributed by atoms with van der Waals surface area (Å²) < 4.78 is 0.144. The third-order valence-corrected chi connectivity index (χ3v) is 2.48. The summed E-state index contributed by atoms with van der Waals surface area (Å²) in [6.45, 7) is 8.75. The van der Waals surface area contributed by atoms with Gasteiger partial charge >= 0.3 is 0 Å². The Labute approximate surface area is 62.3 Å². The van der Waals surface area contributed by atoms with Crippen molar-refractivity contribution in [3.05, 3.63) is 18.4 Å². The molecule has 0 saturated carbocycles. The Kier molecular flexibility index (Phi) is 2.11. The topological polar surface area (TPSA) is 23.1 Å². The van der Waals surface area contributed by atoms with Crippen molar-refractivity contribution in [1.82, 2.24) is 0 Å². The minimum atomic E-state index is 0.144. The Morgan fingerprint density at radius 1 is 1.20 bits per heavy atom. The van der Waals surface area contributed by atoms with Crippen LogP contribution in [-0.2, 0) is 0 Å². The van der Waals surface area contributed by atoms with E-state index >= 15 is 0 Å². The van der Waals surface area contributed by atoms with Crippen LogP contribution < -0.4 is 0 Å². The number of fused-ring (bicyclic) bond motifs is 2. The molecule has 2 heteroatoms. The molecule has 2 saturated heterocycles. The molecule has 0 aromatic rings. The molecule has 2 bridgehead atoms. The molecular weight excluding hydrogens is 126 g/mol. The zero-order valence-electron chi connectivity index (χ0n) is 6.38. The lowest BCUT2D eigenvalue weighted by Crippen LogP contribution is -2.36. The quantitative estimate of drug-likeness (QED) is 0.285. The summed E-state index contributed by atoms with van der Waals surface area (Å²) in [7, 11) is 0. The molecule has 0 aromatic heterocycles. The fourth-order valence-electron chi connectivity index (χ4n) is 1.93. The predicted octanol–water partition coefficient (Wildman–Crippen LogP) is 1.53. The number of quaternary nitrogens is 1. The van der Waals surface area contributed by atoms with E-state index in [-0.39, 0.29) is 4.65 Å². The van der Waals surface area contributed by atoms with Gasteiger partial charge in [0.25, 0.3) is 0 Å². The van der Waals surface area contributed by atoms with Crippen molar-refractivity contribution in [2.75, 3.05) is 19.6 Å². The van der Waals surface area contributed by atoms with Crippen molar-refractivity contribution in [3.63, 3.8) is 0 Å². The molecule has 0 N–H and O–H groups in total. The molecule has 2 rings (SSSR count). The highest BCUT2D eigenvalue weighted by Gasteiger charge is 2.38. The summed E-state index contributed by atoms with van der Waals surface area (Å²) in [5.41, 5.74) is 0. The van der Waals surface area contributed by atoms with Crippen molar-refractivity contribution in [2.24, 2.45) is 5.92 Å². The largest absolute Gasteiger partial charge is 0.633 e. The number of hydroxylamine groups is 3. The molecular formula is C8H15NO. The summed E-state index contributed by atoms with van der Waals surface area (Å²) in [5.74, 6) is 0.799. The summed E-state index contributed by atoms with van der Waals surface area (Å²) in [6, 6.07) is 0. The van der Waals surface area contributed by atoms with Gasteiger partial charge in [0.05, 0.1) is 19.6 Å². The first-order chi connectivity index (χ1) is 4.79. The number of rotatable bonds is 0. The molecule has 0 amide bonds. The zero-order valence-corrected chi connectivity index (χ0v) is 6.38. The summed E-state index contributed by atoms with van der Waals surface area (Å²) >= 11 is 0. The molecule has 10 heavy (non-hydrogen) atoms. The smallest absolute Gasteiger partial charge is 0.0816 e. The highest BCUT2D eigenvalue weighted by Crippen LogP contribution is 2.33. The maximum absolute atomic E-state index is 11.2. The lowest BCUT2D eigenvalue weighted by Gasteiger charge is -2.35. The van der Waals surface area contributed by atoms with Crippen LogP contribution in [0.2, 0.25) is 0 Å². The van der Waals surface area contributed by atoms with E-state index in [2.05, 4.69) is 13.2 Å². The third kappa shape index (κ3) is 1.22. The van der Waals surface area contributed by atoms with Crippen LogP contribution in [0.4, 0.5) is 0 Å². The minimum Gasteiger partial charge on any atom is -0.633 e. The zero-order chi connectivity index (χ0) is 7.61. The maximum atomic E-state index is 11.2. The van der Waals surface area contributed by atoms with E-state index in [4.69, 9.17) is 0 Å². The third-order valence-electron chi connectivity index (χ3n) is 2.48. The Hall–Kier alpha value is -0.340. The molecule has 2 fully saturated rings. The van der Waals surface area contributed by atoms with E-state index in [1.165, 1.54) is 12.8 Å². The van der Waals surface area contributed by atoms with E-state index in [0.717, 1.165) is 25.6 Å². The molecule has 58 valence electrons. The fraction of sp³-hybridized carbons (Fsp3) is 0.750. The first-order valence-electron chi connectivity index (χ1n) is 3.86. The summed E-state index contributed by atoms with van der Waals surface area (Å²) in [5, 5.41) is 11.2. The normalized spacial score (nSPS) is 42.7. The molecule has 2 aliphatic heterocycles. The fourth-order valence-corrected chi connectivity index (χ4v) is 1.93. The lowest BCUT2D eigenvalue weighted by atomic mass is 10.1. The van der Waals surface area contributed by atoms with Gasteiger partial charge in [-0.25, -0.2) is 0 Å². The van der Waals surface area contributed by atoms with Crippen LogP contribution in [0.1, 0.15) is 12.8 Å². The molecule has 0 atom stereocenters. The van der Waals surface area contributed by atoms with Gasteiger partial charge in [0.2, 0.25) is 0 Å². The predicted molar refractivity (Wildman–Crippen MR) is 42.2 cm³/mol. The lowest BCUT2D eigenvalue weighted by molar-refractivity contribution is -0.859. The van der Waals surface area contributed by atoms with E-state index in [9.17, 15) is 5.21 Å². The Bertz CT molecular complexity index is 116. The van der Waals surface area contributed by atoms with Gasteiger partial charge in [0.15, 0.2) is 0 Å². The molecule has 0 spiro atoms. The number of nitrogens with zero attached hydrogens (tertiary/aromatic N) is 1. The van der Waals surface area contributed by atoms with Crippen molar-refractivity contribution in [1.29, 1.82) is 0 Å². The van der Waals surface area contributed by atoms with Crippen LogP contribution >= 0.6 is 0 Å². The average Bonchev–Trinajstić information content (AvgIpc) is 2.49. The van der Waals surface area contributed by atoms with E-state index in [1.54, 1.807) is 0 Å². The van der Waals surface area contributed by atoms with Gasteiger partial charge in [-0.3, -0.25) is 0 Å². The Morgan fingerprint density at radius 2 is 1.70 bits per heavy atom. The summed E-state index contributed by atoms with van der Waals surface area (Å²) in [6.07, 6.45) is 2.40. The van der Waals surface area contributed by atoms with Crippen LogP contribution in [-0.4, -0.2) is 24.3 Å². The second-order valence-electron chi connectivity index (χ2n) is 3.13. The van der Waals surface area contributed by atoms with Gasteiger partial charge in [-0.15, -0.1) is 13.2 Å². The van der Waals surface area contributed by atoms with Gasteiger partial charge in [-0.2, -0.15) is 0 Å². The van der Waals surface area contributed by atoms with Crippen molar-refractivity contribution >= 4 is 0 Å². The molecule has 2 nitrogen and oxygen atoms in total. The maximum Gasteiger partial charge on any atom is 0.0816 e. The summed E-state index contributed by atoms with van der Waals surface area (Å²) in [4.78, 5) is 0. The number of hydrogen-bond acceptors (Lipinski definition) is 1. The van der Waals surface area contributed by atoms with Gasteiger partial charge in [0.1, 0.15) is 0 Å². The minimum absolute atomic E-state index is 0.144. The molecule has 0 aromatic carbocycles. The van der Waals surface area contributed by atoms with Crippen LogP contribution in [0.5, 0.6) is 0 Å². The monoisotopic (exact) mass is 141 g/mol. The van der Waals surface area contributed by atoms with E-state index < -0.39 is 0 Å². The van der Waals surface area contributed by atoms with Crippen LogP contribution in [0, 0.1) is 11.1 Å². The van der Waals surface area contributed by atoms with Crippen LogP contribution in [0.25, 0.3) is 0 Å². The second kappa shape index (κ2) is 2.72. The second-order valence-corrected chi connectivity index (χ2v) is 3.13. The highest BCUT2D eigenvalue weighted by molar-refractivity contribution is 4.73. The molecule has 0 unspecified atom stereocenters. The van der Waals surface area contributed by atoms with Crippen LogP contribution in [0.3, 0.4) is 0 Å². The SMILES string of the molecule is C=C.[O-][N+]12CCC(CC1)C2. The molecule has 2 aliphatic rings. The first-order valence-corrected chi connectivity index (χ1v) is 3.86. The standard InChI is InChI=1S/C6H11NO.C2H4/c8-7-3-1-6(5-7)2-4-7;1-2/h6H,1-5H2;1-2H2. The molecule has 0 aliphatic carbocycles. The average molecular weight is 141 g/mol. The van der Waals surface area contributed by atoms with E-state index in [1.807, 2.05) is 0 Å².